The van der Waals surface area contributed by atoms with Crippen LogP contribution in [0.4, 0.5) is 5.69 Å². The minimum absolute atomic E-state index is 0.165. The maximum absolute atomic E-state index is 11.9. The minimum atomic E-state index is -3.36. The summed E-state index contributed by atoms with van der Waals surface area (Å²) in [4.78, 5) is 0.297. The first-order valence-electron chi connectivity index (χ1n) is 6.51. The Hall–Kier alpha value is -1.11. The molecule has 1 rings (SSSR count). The van der Waals surface area contributed by atoms with Gasteiger partial charge in [0.15, 0.2) is 0 Å². The standard InChI is InChI=1S/C14H24N2O3S/c1-14(2,19-5)10-11-15-12-6-8-13(9-7-12)20(17,18)16(3)4/h6-9,15H,10-11H2,1-5H3. The van der Waals surface area contributed by atoms with Gasteiger partial charge in [0.1, 0.15) is 0 Å². The first-order chi connectivity index (χ1) is 9.19. The van der Waals surface area contributed by atoms with Crippen molar-refractivity contribution < 1.29 is 13.2 Å². The van der Waals surface area contributed by atoms with E-state index < -0.39 is 10.0 Å². The topological polar surface area (TPSA) is 58.6 Å². The summed E-state index contributed by atoms with van der Waals surface area (Å²) >= 11 is 0. The van der Waals surface area contributed by atoms with Crippen molar-refractivity contribution in [3.05, 3.63) is 24.3 Å². The van der Waals surface area contributed by atoms with Gasteiger partial charge in [-0.25, -0.2) is 12.7 Å². The van der Waals surface area contributed by atoms with Crippen LogP contribution in [0.15, 0.2) is 29.2 Å². The van der Waals surface area contributed by atoms with E-state index in [9.17, 15) is 8.42 Å². The van der Waals surface area contributed by atoms with Gasteiger partial charge in [0.2, 0.25) is 10.0 Å². The van der Waals surface area contributed by atoms with Crippen molar-refractivity contribution in [2.45, 2.75) is 30.8 Å². The van der Waals surface area contributed by atoms with Gasteiger partial charge in [0.25, 0.3) is 0 Å². The van der Waals surface area contributed by atoms with Crippen LogP contribution in [0.25, 0.3) is 0 Å². The van der Waals surface area contributed by atoms with Gasteiger partial charge in [-0.3, -0.25) is 0 Å². The zero-order valence-corrected chi connectivity index (χ0v) is 13.6. The second kappa shape index (κ2) is 6.56. The summed E-state index contributed by atoms with van der Waals surface area (Å²) < 4.78 is 30.4. The molecule has 1 N–H and O–H groups in total. The van der Waals surface area contributed by atoms with Crippen molar-refractivity contribution >= 4 is 15.7 Å². The number of nitrogens with zero attached hydrogens (tertiary/aromatic N) is 1. The van der Waals surface area contributed by atoms with Gasteiger partial charge in [-0.15, -0.1) is 0 Å². The molecule has 0 amide bonds. The third kappa shape index (κ3) is 4.47. The molecule has 0 aliphatic heterocycles. The SMILES string of the molecule is COC(C)(C)CCNc1ccc(S(=O)(=O)N(C)C)cc1. The molecule has 0 unspecified atom stereocenters. The average molecular weight is 300 g/mol. The van der Waals surface area contributed by atoms with Crippen LogP contribution < -0.4 is 5.32 Å². The minimum Gasteiger partial charge on any atom is -0.385 e. The highest BCUT2D eigenvalue weighted by Gasteiger charge is 2.17. The maximum atomic E-state index is 11.9. The lowest BCUT2D eigenvalue weighted by molar-refractivity contribution is 0.0185. The molecule has 0 saturated heterocycles. The Morgan fingerprint density at radius 3 is 2.20 bits per heavy atom. The smallest absolute Gasteiger partial charge is 0.242 e. The fourth-order valence-electron chi connectivity index (χ4n) is 1.57. The molecule has 0 aliphatic rings. The monoisotopic (exact) mass is 300 g/mol. The van der Waals surface area contributed by atoms with E-state index in [1.54, 1.807) is 31.4 Å². The number of methoxy groups -OCH3 is 1. The Bertz CT molecular complexity index is 522. The van der Waals surface area contributed by atoms with Crippen LogP contribution in [0.2, 0.25) is 0 Å². The van der Waals surface area contributed by atoms with E-state index in [-0.39, 0.29) is 5.60 Å². The number of hydrogen-bond donors (Lipinski definition) is 1. The number of hydrogen-bond acceptors (Lipinski definition) is 4. The predicted molar refractivity (Wildman–Crippen MR) is 81.5 cm³/mol. The molecule has 0 spiro atoms. The second-order valence-electron chi connectivity index (χ2n) is 5.45. The van der Waals surface area contributed by atoms with Gasteiger partial charge < -0.3 is 10.1 Å². The number of rotatable bonds is 7. The fraction of sp³-hybridized carbons (Fsp3) is 0.571. The van der Waals surface area contributed by atoms with Crippen LogP contribution in [0, 0.1) is 0 Å². The summed E-state index contributed by atoms with van der Waals surface area (Å²) in [5.41, 5.74) is 0.732. The number of ether oxygens (including phenoxy) is 1. The molecule has 114 valence electrons. The molecule has 0 aliphatic carbocycles. The molecule has 0 atom stereocenters. The van der Waals surface area contributed by atoms with Crippen LogP contribution >= 0.6 is 0 Å². The largest absolute Gasteiger partial charge is 0.385 e. The molecule has 0 aromatic heterocycles. The Morgan fingerprint density at radius 2 is 1.75 bits per heavy atom. The highest BCUT2D eigenvalue weighted by atomic mass is 32.2. The number of sulfonamides is 1. The second-order valence-corrected chi connectivity index (χ2v) is 7.60. The Morgan fingerprint density at radius 1 is 1.20 bits per heavy atom. The van der Waals surface area contributed by atoms with Crippen LogP contribution in [-0.4, -0.2) is 46.1 Å². The van der Waals surface area contributed by atoms with Gasteiger partial charge >= 0.3 is 0 Å². The molecule has 6 heteroatoms. The van der Waals surface area contributed by atoms with Crippen LogP contribution in [0.3, 0.4) is 0 Å². The Balaban J connectivity index is 2.65. The van der Waals surface area contributed by atoms with Crippen molar-refractivity contribution in [3.8, 4) is 0 Å². The zero-order valence-electron chi connectivity index (χ0n) is 12.8. The van der Waals surface area contributed by atoms with E-state index in [1.807, 2.05) is 13.8 Å². The molecule has 1 aromatic carbocycles. The lowest BCUT2D eigenvalue weighted by atomic mass is 10.1. The molecule has 1 aromatic rings. The molecule has 5 nitrogen and oxygen atoms in total. The van der Waals surface area contributed by atoms with Crippen molar-refractivity contribution in [3.63, 3.8) is 0 Å². The fourth-order valence-corrected chi connectivity index (χ4v) is 2.47. The van der Waals surface area contributed by atoms with E-state index >= 15 is 0 Å². The van der Waals surface area contributed by atoms with E-state index in [4.69, 9.17) is 4.74 Å². The van der Waals surface area contributed by atoms with Crippen molar-refractivity contribution in [1.82, 2.24) is 4.31 Å². The first kappa shape index (κ1) is 16.9. The van der Waals surface area contributed by atoms with Crippen molar-refractivity contribution in [2.24, 2.45) is 0 Å². The van der Waals surface area contributed by atoms with Crippen LogP contribution in [-0.2, 0) is 14.8 Å². The molecule has 0 heterocycles. The molecular weight excluding hydrogens is 276 g/mol. The molecule has 0 radical (unpaired) electrons. The predicted octanol–water partition coefficient (Wildman–Crippen LogP) is 2.16. The summed E-state index contributed by atoms with van der Waals surface area (Å²) in [6, 6.07) is 6.77. The van der Waals surface area contributed by atoms with E-state index in [0.29, 0.717) is 4.90 Å². The van der Waals surface area contributed by atoms with E-state index in [0.717, 1.165) is 18.7 Å². The zero-order chi connectivity index (χ0) is 15.4. The molecule has 0 fully saturated rings. The summed E-state index contributed by atoms with van der Waals surface area (Å²) in [7, 11) is 1.38. The Labute approximate surface area is 122 Å². The summed E-state index contributed by atoms with van der Waals surface area (Å²) in [6.45, 7) is 4.82. The average Bonchev–Trinajstić information content (AvgIpc) is 2.39. The number of anilines is 1. The normalized spacial score (nSPS) is 12.7. The van der Waals surface area contributed by atoms with Gasteiger partial charge in [-0.1, -0.05) is 0 Å². The van der Waals surface area contributed by atoms with Gasteiger partial charge in [0, 0.05) is 33.4 Å². The summed E-state index contributed by atoms with van der Waals surface area (Å²) in [5.74, 6) is 0. The molecule has 20 heavy (non-hydrogen) atoms. The van der Waals surface area contributed by atoms with Gasteiger partial charge in [-0.05, 0) is 44.5 Å². The maximum Gasteiger partial charge on any atom is 0.242 e. The first-order valence-corrected chi connectivity index (χ1v) is 7.95. The summed E-state index contributed by atoms with van der Waals surface area (Å²) in [6.07, 6.45) is 0.862. The summed E-state index contributed by atoms with van der Waals surface area (Å²) in [5, 5.41) is 3.25. The Kier molecular flexibility index (Phi) is 5.56. The quantitative estimate of drug-likeness (QED) is 0.838. The number of benzene rings is 1. The third-order valence-electron chi connectivity index (χ3n) is 3.24. The van der Waals surface area contributed by atoms with Gasteiger partial charge in [-0.2, -0.15) is 0 Å². The van der Waals surface area contributed by atoms with E-state index in [1.165, 1.54) is 18.4 Å². The highest BCUT2D eigenvalue weighted by molar-refractivity contribution is 7.89. The van der Waals surface area contributed by atoms with Crippen LogP contribution in [0.1, 0.15) is 20.3 Å². The van der Waals surface area contributed by atoms with Crippen LogP contribution in [0.5, 0.6) is 0 Å². The molecule has 0 saturated carbocycles. The lowest BCUT2D eigenvalue weighted by Gasteiger charge is -2.23. The molecule has 0 bridgehead atoms. The third-order valence-corrected chi connectivity index (χ3v) is 5.07. The van der Waals surface area contributed by atoms with Crippen molar-refractivity contribution in [1.29, 1.82) is 0 Å². The van der Waals surface area contributed by atoms with Gasteiger partial charge in [0.05, 0.1) is 10.5 Å². The van der Waals surface area contributed by atoms with E-state index in [2.05, 4.69) is 5.32 Å². The highest BCUT2D eigenvalue weighted by Crippen LogP contribution is 2.18. The lowest BCUT2D eigenvalue weighted by Crippen LogP contribution is -2.25. The number of nitrogens with one attached hydrogen (secondary N) is 1. The molecular formula is C14H24N2O3S. The van der Waals surface area contributed by atoms with Crippen molar-refractivity contribution in [2.75, 3.05) is 33.1 Å².